The normalized spacial score (nSPS) is 11.1. The van der Waals surface area contributed by atoms with Crippen LogP contribution in [0.15, 0.2) is 29.8 Å². The van der Waals surface area contributed by atoms with Crippen LogP contribution in [0.5, 0.6) is 5.75 Å². The lowest BCUT2D eigenvalue weighted by molar-refractivity contribution is 0.0889. The molecule has 2 aromatic rings. The number of hydrogen-bond acceptors (Lipinski definition) is 5. The number of methoxy groups -OCH3 is 1. The molecule has 0 spiro atoms. The lowest BCUT2D eigenvalue weighted by atomic mass is 10.1. The van der Waals surface area contributed by atoms with Crippen molar-refractivity contribution >= 4 is 23.3 Å². The molecule has 2 rings (SSSR count). The van der Waals surface area contributed by atoms with Crippen LogP contribution in [0.4, 0.5) is 4.79 Å². The minimum Gasteiger partial charge on any atom is -0.497 e. The molecule has 0 aliphatic carbocycles. The van der Waals surface area contributed by atoms with Gasteiger partial charge in [-0.2, -0.15) is 0 Å². The Morgan fingerprint density at radius 3 is 2.69 bits per heavy atom. The molecular weight excluding hydrogens is 354 g/mol. The van der Waals surface area contributed by atoms with Crippen LogP contribution < -0.4 is 10.1 Å². The Morgan fingerprint density at radius 1 is 1.35 bits per heavy atom. The summed E-state index contributed by atoms with van der Waals surface area (Å²) in [6.45, 7) is 5.83. The van der Waals surface area contributed by atoms with Gasteiger partial charge in [-0.05, 0) is 38.5 Å². The molecule has 0 fully saturated rings. The molecule has 7 nitrogen and oxygen atoms in total. The first-order valence-electron chi connectivity index (χ1n) is 8.10. The van der Waals surface area contributed by atoms with Crippen LogP contribution in [0.25, 0.3) is 10.4 Å². The molecule has 0 unspecified atom stereocenters. The van der Waals surface area contributed by atoms with Crippen LogP contribution >= 0.6 is 11.3 Å². The summed E-state index contributed by atoms with van der Waals surface area (Å²) in [6.07, 6.45) is -1.02. The van der Waals surface area contributed by atoms with Crippen molar-refractivity contribution in [2.24, 2.45) is 0 Å². The molecule has 2 amide bonds. The lowest BCUT2D eigenvalue weighted by Crippen LogP contribution is -2.48. The van der Waals surface area contributed by atoms with Gasteiger partial charge in [-0.15, -0.1) is 11.3 Å². The number of nitrogens with one attached hydrogen (secondary N) is 1. The zero-order valence-electron chi connectivity index (χ0n) is 15.3. The number of carbonyl (C=O) groups excluding carboxylic acids is 1. The van der Waals surface area contributed by atoms with E-state index in [0.717, 1.165) is 10.4 Å². The zero-order chi connectivity index (χ0) is 19.3. The third-order valence-corrected chi connectivity index (χ3v) is 4.65. The Bertz CT molecular complexity index is 783. The van der Waals surface area contributed by atoms with Gasteiger partial charge < -0.3 is 20.1 Å². The predicted molar refractivity (Wildman–Crippen MR) is 101 cm³/mol. The van der Waals surface area contributed by atoms with Gasteiger partial charge in [0.15, 0.2) is 0 Å². The standard InChI is InChI=1S/C18H23N3O4S/c1-18(2,3)21(17(23)24)9-8-19-16(22)14-15(26-11-20-14)12-6-5-7-13(10-12)25-4/h5-7,10-11H,8-9H2,1-4H3,(H,19,22)(H,23,24). The number of rotatable bonds is 6. The molecule has 0 atom stereocenters. The maximum Gasteiger partial charge on any atom is 0.407 e. The van der Waals surface area contributed by atoms with Crippen LogP contribution in [-0.2, 0) is 0 Å². The summed E-state index contributed by atoms with van der Waals surface area (Å²) in [5.74, 6) is 0.368. The number of nitrogens with zero attached hydrogens (tertiary/aromatic N) is 2. The molecule has 1 heterocycles. The Labute approximate surface area is 156 Å². The predicted octanol–water partition coefficient (Wildman–Crippen LogP) is 3.33. The van der Waals surface area contributed by atoms with E-state index < -0.39 is 11.6 Å². The second-order valence-electron chi connectivity index (χ2n) is 6.62. The molecule has 1 aromatic carbocycles. The van der Waals surface area contributed by atoms with Gasteiger partial charge in [-0.3, -0.25) is 4.79 Å². The van der Waals surface area contributed by atoms with Crippen molar-refractivity contribution in [2.45, 2.75) is 26.3 Å². The van der Waals surface area contributed by atoms with E-state index in [-0.39, 0.29) is 19.0 Å². The van der Waals surface area contributed by atoms with E-state index in [4.69, 9.17) is 4.74 Å². The second-order valence-corrected chi connectivity index (χ2v) is 7.48. The molecule has 0 aliphatic heterocycles. The number of carbonyl (C=O) groups is 2. The van der Waals surface area contributed by atoms with Crippen molar-refractivity contribution in [3.63, 3.8) is 0 Å². The quantitative estimate of drug-likeness (QED) is 0.806. The molecule has 0 saturated heterocycles. The molecule has 8 heteroatoms. The molecule has 1 aromatic heterocycles. The van der Waals surface area contributed by atoms with Crippen molar-refractivity contribution in [3.8, 4) is 16.2 Å². The summed E-state index contributed by atoms with van der Waals surface area (Å²) in [5, 5.41) is 12.0. The van der Waals surface area contributed by atoms with Crippen molar-refractivity contribution < 1.29 is 19.4 Å². The SMILES string of the molecule is COc1cccc(-c2scnc2C(=O)NCCN(C(=O)O)C(C)(C)C)c1. The van der Waals surface area contributed by atoms with E-state index in [1.807, 2.05) is 45.0 Å². The number of ether oxygens (including phenoxy) is 1. The van der Waals surface area contributed by atoms with E-state index in [1.54, 1.807) is 12.6 Å². The Hall–Kier alpha value is -2.61. The molecule has 26 heavy (non-hydrogen) atoms. The zero-order valence-corrected chi connectivity index (χ0v) is 16.1. The van der Waals surface area contributed by atoms with Crippen LogP contribution in [0.2, 0.25) is 0 Å². The molecular formula is C18H23N3O4S. The highest BCUT2D eigenvalue weighted by Gasteiger charge is 2.26. The summed E-state index contributed by atoms with van der Waals surface area (Å²) in [7, 11) is 1.59. The number of aromatic nitrogens is 1. The lowest BCUT2D eigenvalue weighted by Gasteiger charge is -2.33. The second kappa shape index (κ2) is 8.18. The van der Waals surface area contributed by atoms with Gasteiger partial charge in [0.05, 0.1) is 17.5 Å². The third-order valence-electron chi connectivity index (χ3n) is 3.78. The van der Waals surface area contributed by atoms with Gasteiger partial charge >= 0.3 is 6.09 Å². The maximum atomic E-state index is 12.5. The molecule has 0 aliphatic rings. The summed E-state index contributed by atoms with van der Waals surface area (Å²) in [6, 6.07) is 7.41. The highest BCUT2D eigenvalue weighted by Crippen LogP contribution is 2.30. The summed E-state index contributed by atoms with van der Waals surface area (Å²) in [5.41, 5.74) is 2.24. The number of carboxylic acid groups (broad SMARTS) is 1. The van der Waals surface area contributed by atoms with Crippen molar-refractivity contribution in [3.05, 3.63) is 35.5 Å². The van der Waals surface area contributed by atoms with Crippen molar-refractivity contribution in [2.75, 3.05) is 20.2 Å². The topological polar surface area (TPSA) is 91.8 Å². The van der Waals surface area contributed by atoms with E-state index in [2.05, 4.69) is 10.3 Å². The van der Waals surface area contributed by atoms with E-state index in [9.17, 15) is 14.7 Å². The van der Waals surface area contributed by atoms with Crippen molar-refractivity contribution in [1.82, 2.24) is 15.2 Å². The smallest absolute Gasteiger partial charge is 0.407 e. The summed E-state index contributed by atoms with van der Waals surface area (Å²) >= 11 is 1.37. The fraction of sp³-hybridized carbons (Fsp3) is 0.389. The molecule has 0 radical (unpaired) electrons. The molecule has 140 valence electrons. The van der Waals surface area contributed by atoms with Gasteiger partial charge in [-0.1, -0.05) is 12.1 Å². The summed E-state index contributed by atoms with van der Waals surface area (Å²) in [4.78, 5) is 30.0. The minimum atomic E-state index is -1.02. The van der Waals surface area contributed by atoms with E-state index >= 15 is 0 Å². The van der Waals surface area contributed by atoms with Crippen LogP contribution in [0, 0.1) is 0 Å². The van der Waals surface area contributed by atoms with E-state index in [0.29, 0.717) is 11.4 Å². The molecule has 2 N–H and O–H groups in total. The first-order chi connectivity index (χ1) is 12.2. The highest BCUT2D eigenvalue weighted by molar-refractivity contribution is 7.13. The number of hydrogen-bond donors (Lipinski definition) is 2. The molecule has 0 bridgehead atoms. The van der Waals surface area contributed by atoms with Gasteiger partial charge in [0.1, 0.15) is 11.4 Å². The van der Waals surface area contributed by atoms with Crippen LogP contribution in [-0.4, -0.2) is 52.7 Å². The minimum absolute atomic E-state index is 0.198. The van der Waals surface area contributed by atoms with Gasteiger partial charge in [0.2, 0.25) is 0 Å². The highest BCUT2D eigenvalue weighted by atomic mass is 32.1. The first-order valence-corrected chi connectivity index (χ1v) is 8.98. The van der Waals surface area contributed by atoms with E-state index in [1.165, 1.54) is 16.2 Å². The number of amides is 2. The fourth-order valence-electron chi connectivity index (χ4n) is 2.46. The monoisotopic (exact) mass is 377 g/mol. The van der Waals surface area contributed by atoms with Crippen molar-refractivity contribution in [1.29, 1.82) is 0 Å². The van der Waals surface area contributed by atoms with Crippen LogP contribution in [0.1, 0.15) is 31.3 Å². The maximum absolute atomic E-state index is 12.5. The number of benzene rings is 1. The van der Waals surface area contributed by atoms with Crippen LogP contribution in [0.3, 0.4) is 0 Å². The van der Waals surface area contributed by atoms with Gasteiger partial charge in [0.25, 0.3) is 5.91 Å². The fourth-order valence-corrected chi connectivity index (χ4v) is 3.24. The Kier molecular flexibility index (Phi) is 6.20. The Morgan fingerprint density at radius 2 is 2.08 bits per heavy atom. The summed E-state index contributed by atoms with van der Waals surface area (Å²) < 4.78 is 5.22. The first kappa shape index (κ1) is 19.7. The Balaban J connectivity index is 2.07. The average Bonchev–Trinajstić information content (AvgIpc) is 3.07. The average molecular weight is 377 g/mol. The third kappa shape index (κ3) is 4.72. The van der Waals surface area contributed by atoms with Gasteiger partial charge in [0, 0.05) is 18.6 Å². The number of thiazole rings is 1. The van der Waals surface area contributed by atoms with Gasteiger partial charge in [-0.25, -0.2) is 9.78 Å². The molecule has 0 saturated carbocycles. The largest absolute Gasteiger partial charge is 0.497 e.